The summed E-state index contributed by atoms with van der Waals surface area (Å²) in [7, 11) is 1.99. The van der Waals surface area contributed by atoms with Gasteiger partial charge in [0.2, 0.25) is 0 Å². The number of hydrogen-bond donors (Lipinski definition) is 0. The van der Waals surface area contributed by atoms with Crippen LogP contribution >= 0.6 is 23.2 Å². The molecule has 0 atom stereocenters. The molecule has 0 aliphatic rings. The fourth-order valence-corrected chi connectivity index (χ4v) is 3.00. The number of nitrogens with zero attached hydrogens (tertiary/aromatic N) is 3. The van der Waals surface area contributed by atoms with Gasteiger partial charge in [-0.25, -0.2) is 0 Å². The Kier molecular flexibility index (Phi) is 4.96. The maximum absolute atomic E-state index is 9.43. The minimum atomic E-state index is 0.456. The third-order valence-electron chi connectivity index (χ3n) is 3.65. The van der Waals surface area contributed by atoms with Crippen LogP contribution in [-0.2, 0) is 13.2 Å². The molecule has 4 nitrogen and oxygen atoms in total. The van der Waals surface area contributed by atoms with E-state index in [9.17, 15) is 5.26 Å². The van der Waals surface area contributed by atoms with E-state index in [1.807, 2.05) is 48.3 Å². The summed E-state index contributed by atoms with van der Waals surface area (Å²) < 4.78 is 7.31. The van der Waals surface area contributed by atoms with Gasteiger partial charge in [-0.15, -0.1) is 0 Å². The van der Waals surface area contributed by atoms with E-state index in [0.29, 0.717) is 28.8 Å². The van der Waals surface area contributed by atoms with Crippen LogP contribution < -0.4 is 0 Å². The van der Waals surface area contributed by atoms with E-state index in [1.54, 1.807) is 12.3 Å². The van der Waals surface area contributed by atoms with Gasteiger partial charge in [-0.05, 0) is 25.2 Å². The van der Waals surface area contributed by atoms with Crippen molar-refractivity contribution in [1.29, 1.82) is 5.26 Å². The van der Waals surface area contributed by atoms with Gasteiger partial charge < -0.3 is 8.98 Å². The lowest BCUT2D eigenvalue weighted by Crippen LogP contribution is -2.20. The van der Waals surface area contributed by atoms with Crippen LogP contribution in [0, 0.1) is 11.3 Å². The number of benzene rings is 1. The molecule has 2 aromatic heterocycles. The first-order chi connectivity index (χ1) is 11.6. The highest BCUT2D eigenvalue weighted by atomic mass is 35.5. The van der Waals surface area contributed by atoms with Crippen LogP contribution in [0.3, 0.4) is 0 Å². The first kappa shape index (κ1) is 16.7. The summed E-state index contributed by atoms with van der Waals surface area (Å²) >= 11 is 12.4. The van der Waals surface area contributed by atoms with Crippen LogP contribution in [0.1, 0.15) is 11.3 Å². The molecule has 1 aromatic carbocycles. The average Bonchev–Trinajstić information content (AvgIpc) is 3.19. The second kappa shape index (κ2) is 7.14. The van der Waals surface area contributed by atoms with Crippen molar-refractivity contribution in [3.63, 3.8) is 0 Å². The van der Waals surface area contributed by atoms with Crippen LogP contribution in [0.5, 0.6) is 0 Å². The minimum absolute atomic E-state index is 0.456. The Hall–Kier alpha value is -2.19. The van der Waals surface area contributed by atoms with Crippen molar-refractivity contribution >= 4 is 23.2 Å². The molecule has 0 unspecified atom stereocenters. The molecule has 2 heterocycles. The predicted octanol–water partition coefficient (Wildman–Crippen LogP) is 5.02. The zero-order chi connectivity index (χ0) is 17.1. The summed E-state index contributed by atoms with van der Waals surface area (Å²) in [4.78, 5) is 2.09. The van der Waals surface area contributed by atoms with Crippen molar-refractivity contribution in [2.24, 2.45) is 0 Å². The standard InChI is InChI=1S/C18H15Cl2N3O/c1-22(10-14-4-3-7-24-14)12-23-9-13(8-21)16(11-23)15-5-2-6-17(19)18(15)20/h2-7,9,11H,10,12H2,1H3. The van der Waals surface area contributed by atoms with Gasteiger partial charge in [-0.1, -0.05) is 35.3 Å². The molecule has 0 fully saturated rings. The van der Waals surface area contributed by atoms with Crippen molar-refractivity contribution < 1.29 is 4.42 Å². The fraction of sp³-hybridized carbons (Fsp3) is 0.167. The molecule has 0 aliphatic heterocycles. The van der Waals surface area contributed by atoms with Gasteiger partial charge in [0, 0.05) is 23.5 Å². The van der Waals surface area contributed by atoms with Crippen LogP contribution in [-0.4, -0.2) is 16.5 Å². The van der Waals surface area contributed by atoms with Gasteiger partial charge in [-0.2, -0.15) is 5.26 Å². The molecule has 6 heteroatoms. The topological polar surface area (TPSA) is 45.1 Å². The minimum Gasteiger partial charge on any atom is -0.468 e. The molecule has 122 valence electrons. The average molecular weight is 360 g/mol. The Morgan fingerprint density at radius 3 is 2.71 bits per heavy atom. The second-order valence-corrected chi connectivity index (χ2v) is 6.33. The highest BCUT2D eigenvalue weighted by Crippen LogP contribution is 2.35. The van der Waals surface area contributed by atoms with Gasteiger partial charge >= 0.3 is 0 Å². The number of halogens is 2. The zero-order valence-electron chi connectivity index (χ0n) is 13.0. The number of rotatable bonds is 5. The smallest absolute Gasteiger partial charge is 0.117 e. The Labute approximate surface area is 150 Å². The lowest BCUT2D eigenvalue weighted by molar-refractivity contribution is 0.240. The molecule has 3 aromatic rings. The molecular formula is C18H15Cl2N3O. The summed E-state index contributed by atoms with van der Waals surface area (Å²) in [5.74, 6) is 0.892. The third-order valence-corrected chi connectivity index (χ3v) is 4.47. The predicted molar refractivity (Wildman–Crippen MR) is 94.8 cm³/mol. The Morgan fingerprint density at radius 2 is 2.00 bits per heavy atom. The fourth-order valence-electron chi connectivity index (χ4n) is 2.60. The van der Waals surface area contributed by atoms with E-state index >= 15 is 0 Å². The van der Waals surface area contributed by atoms with E-state index in [4.69, 9.17) is 27.6 Å². The maximum Gasteiger partial charge on any atom is 0.117 e. The molecule has 0 radical (unpaired) electrons. The number of aromatic nitrogens is 1. The first-order valence-electron chi connectivity index (χ1n) is 7.33. The summed E-state index contributed by atoms with van der Waals surface area (Å²) in [5, 5.41) is 10.4. The van der Waals surface area contributed by atoms with E-state index in [1.165, 1.54) is 0 Å². The second-order valence-electron chi connectivity index (χ2n) is 5.55. The van der Waals surface area contributed by atoms with Crippen LogP contribution in [0.25, 0.3) is 11.1 Å². The molecule has 0 bridgehead atoms. The molecule has 3 rings (SSSR count). The van der Waals surface area contributed by atoms with E-state index in [-0.39, 0.29) is 0 Å². The number of furan rings is 1. The van der Waals surface area contributed by atoms with E-state index in [0.717, 1.165) is 16.9 Å². The first-order valence-corrected chi connectivity index (χ1v) is 8.09. The normalized spacial score (nSPS) is 11.0. The highest BCUT2D eigenvalue weighted by molar-refractivity contribution is 6.43. The molecule has 0 amide bonds. The van der Waals surface area contributed by atoms with Crippen molar-refractivity contribution in [1.82, 2.24) is 9.47 Å². The molecule has 0 aliphatic carbocycles. The molecule has 0 spiro atoms. The SMILES string of the molecule is CN(Cc1ccco1)Cn1cc(C#N)c(-c2cccc(Cl)c2Cl)c1. The monoisotopic (exact) mass is 359 g/mol. The highest BCUT2D eigenvalue weighted by Gasteiger charge is 2.14. The van der Waals surface area contributed by atoms with Crippen LogP contribution in [0.2, 0.25) is 10.0 Å². The lowest BCUT2D eigenvalue weighted by Gasteiger charge is -2.15. The lowest BCUT2D eigenvalue weighted by atomic mass is 10.1. The van der Waals surface area contributed by atoms with Crippen molar-refractivity contribution in [2.75, 3.05) is 7.05 Å². The molecule has 0 saturated heterocycles. The van der Waals surface area contributed by atoms with Gasteiger partial charge in [0.15, 0.2) is 0 Å². The third kappa shape index (κ3) is 3.49. The maximum atomic E-state index is 9.43. The molecule has 24 heavy (non-hydrogen) atoms. The quantitative estimate of drug-likeness (QED) is 0.642. The summed E-state index contributed by atoms with van der Waals surface area (Å²) in [6, 6.07) is 11.4. The Balaban J connectivity index is 1.85. The summed E-state index contributed by atoms with van der Waals surface area (Å²) in [6.45, 7) is 1.30. The van der Waals surface area contributed by atoms with Crippen LogP contribution in [0.15, 0.2) is 53.4 Å². The van der Waals surface area contributed by atoms with Gasteiger partial charge in [0.1, 0.15) is 11.8 Å². The van der Waals surface area contributed by atoms with E-state index < -0.39 is 0 Å². The van der Waals surface area contributed by atoms with Crippen molar-refractivity contribution in [2.45, 2.75) is 13.2 Å². The van der Waals surface area contributed by atoms with Crippen LogP contribution in [0.4, 0.5) is 0 Å². The van der Waals surface area contributed by atoms with Gasteiger partial charge in [-0.3, -0.25) is 4.90 Å². The van der Waals surface area contributed by atoms with Crippen molar-refractivity contribution in [3.05, 3.63) is 70.4 Å². The Bertz CT molecular complexity index is 878. The van der Waals surface area contributed by atoms with Gasteiger partial charge in [0.25, 0.3) is 0 Å². The Morgan fingerprint density at radius 1 is 1.17 bits per heavy atom. The zero-order valence-corrected chi connectivity index (χ0v) is 14.6. The molecule has 0 saturated carbocycles. The largest absolute Gasteiger partial charge is 0.468 e. The number of hydrogen-bond acceptors (Lipinski definition) is 3. The summed E-state index contributed by atoms with van der Waals surface area (Å²) in [5.41, 5.74) is 2.09. The molecule has 0 N–H and O–H groups in total. The molecular weight excluding hydrogens is 345 g/mol. The van der Waals surface area contributed by atoms with E-state index in [2.05, 4.69) is 11.0 Å². The van der Waals surface area contributed by atoms with Gasteiger partial charge in [0.05, 0.1) is 35.1 Å². The van der Waals surface area contributed by atoms with Crippen molar-refractivity contribution in [3.8, 4) is 17.2 Å². The number of nitriles is 1. The summed E-state index contributed by atoms with van der Waals surface area (Å²) in [6.07, 6.45) is 5.38.